The third-order valence-electron chi connectivity index (χ3n) is 5.21. The third-order valence-corrected chi connectivity index (χ3v) is 7.17. The minimum Gasteiger partial charge on any atom is -0.480 e. The molecule has 1 amide bonds. The van der Waals surface area contributed by atoms with Crippen LogP contribution in [-0.2, 0) is 31.7 Å². The summed E-state index contributed by atoms with van der Waals surface area (Å²) in [6.07, 6.45) is 5.03. The zero-order chi connectivity index (χ0) is 26.1. The number of hydrogen-bond donors (Lipinski definition) is 4. The summed E-state index contributed by atoms with van der Waals surface area (Å²) in [5.74, 6) is -1.92. The van der Waals surface area contributed by atoms with Gasteiger partial charge >= 0.3 is 13.7 Å². The van der Waals surface area contributed by atoms with Crippen molar-refractivity contribution < 1.29 is 28.7 Å². The Morgan fingerprint density at radius 3 is 2.36 bits per heavy atom. The molecule has 3 aromatic rings. The van der Waals surface area contributed by atoms with Gasteiger partial charge in [0, 0.05) is 29.3 Å². The fraction of sp³-hybridized carbons (Fsp3) is 0.333. The summed E-state index contributed by atoms with van der Waals surface area (Å²) in [6, 6.07) is 8.40. The fourth-order valence-corrected chi connectivity index (χ4v) is 5.17. The molecule has 36 heavy (non-hydrogen) atoms. The van der Waals surface area contributed by atoms with E-state index in [9.17, 15) is 24.2 Å². The smallest absolute Gasteiger partial charge is 0.403 e. The van der Waals surface area contributed by atoms with E-state index < -0.39 is 31.7 Å². The molecule has 3 atom stereocenters. The highest BCUT2D eigenvalue weighted by Crippen LogP contribution is 2.39. The summed E-state index contributed by atoms with van der Waals surface area (Å²) in [6.45, 7) is 3.62. The van der Waals surface area contributed by atoms with Crippen LogP contribution in [0, 0.1) is 5.92 Å². The van der Waals surface area contributed by atoms with Crippen molar-refractivity contribution >= 4 is 31.0 Å². The maximum Gasteiger partial charge on any atom is 0.403 e. The Morgan fingerprint density at radius 2 is 1.78 bits per heavy atom. The second-order valence-corrected chi connectivity index (χ2v) is 11.2. The molecule has 4 N–H and O–H groups in total. The maximum atomic E-state index is 13.0. The topological polar surface area (TPSA) is 151 Å². The SMILES string of the molecule is CC(C)C[C@H](NP(=O)(O)OCc1cccs1)C(=O)N[C@@H](Cc1ccc(-c2cncnc2)cc1)C(=O)O. The Morgan fingerprint density at radius 1 is 1.08 bits per heavy atom. The van der Waals surface area contributed by atoms with Crippen LogP contribution in [-0.4, -0.2) is 43.9 Å². The lowest BCUT2D eigenvalue weighted by molar-refractivity contribution is -0.142. The van der Waals surface area contributed by atoms with Crippen LogP contribution >= 0.6 is 19.1 Å². The van der Waals surface area contributed by atoms with E-state index in [1.165, 1.54) is 17.7 Å². The van der Waals surface area contributed by atoms with E-state index >= 15 is 0 Å². The molecule has 0 fully saturated rings. The second-order valence-electron chi connectivity index (χ2n) is 8.61. The van der Waals surface area contributed by atoms with Crippen molar-refractivity contribution in [2.24, 2.45) is 5.92 Å². The molecular weight excluding hydrogens is 503 g/mol. The first-order valence-corrected chi connectivity index (χ1v) is 13.7. The number of carbonyl (C=O) groups is 2. The Hall–Kier alpha value is -2.95. The molecule has 0 spiro atoms. The number of carboxylic acid groups (broad SMARTS) is 1. The lowest BCUT2D eigenvalue weighted by Gasteiger charge is -2.24. The van der Waals surface area contributed by atoms with Gasteiger partial charge < -0.3 is 15.3 Å². The highest BCUT2D eigenvalue weighted by molar-refractivity contribution is 7.50. The summed E-state index contributed by atoms with van der Waals surface area (Å²) in [5, 5.41) is 16.4. The molecule has 0 saturated carbocycles. The standard InChI is InChI=1S/C24H29N4O6PS/c1-16(2)10-21(28-35(32,33)34-14-20-4-3-9-36-20)23(29)27-22(24(30)31)11-17-5-7-18(8-6-17)19-12-25-15-26-13-19/h3-9,12-13,15-16,21-22H,10-11,14H2,1-2H3,(H,27,29)(H,30,31)(H2,28,32,33)/t21-,22-/m0/s1. The molecule has 12 heteroatoms. The molecule has 0 aliphatic rings. The largest absolute Gasteiger partial charge is 0.480 e. The van der Waals surface area contributed by atoms with Gasteiger partial charge in [0.15, 0.2) is 0 Å². The van der Waals surface area contributed by atoms with E-state index in [2.05, 4.69) is 20.4 Å². The van der Waals surface area contributed by atoms with Gasteiger partial charge in [-0.05, 0) is 34.9 Å². The maximum absolute atomic E-state index is 13.0. The highest BCUT2D eigenvalue weighted by Gasteiger charge is 2.32. The Labute approximate surface area is 213 Å². The first-order chi connectivity index (χ1) is 17.1. The van der Waals surface area contributed by atoms with Crippen molar-refractivity contribution in [1.82, 2.24) is 20.4 Å². The Bertz CT molecular complexity index is 1180. The van der Waals surface area contributed by atoms with Crippen LogP contribution < -0.4 is 10.4 Å². The van der Waals surface area contributed by atoms with Gasteiger partial charge in [-0.2, -0.15) is 0 Å². The molecule has 0 aliphatic carbocycles. The molecule has 10 nitrogen and oxygen atoms in total. The molecule has 1 aromatic carbocycles. The summed E-state index contributed by atoms with van der Waals surface area (Å²) in [5.41, 5.74) is 2.39. The van der Waals surface area contributed by atoms with E-state index in [1.54, 1.807) is 36.7 Å². The Kier molecular flexibility index (Phi) is 9.86. The van der Waals surface area contributed by atoms with E-state index in [-0.39, 0.29) is 25.4 Å². The first-order valence-electron chi connectivity index (χ1n) is 11.3. The molecule has 0 bridgehead atoms. The number of nitrogens with one attached hydrogen (secondary N) is 2. The van der Waals surface area contributed by atoms with Crippen LogP contribution in [0.15, 0.2) is 60.5 Å². The number of aliphatic carboxylic acids is 1. The predicted molar refractivity (Wildman–Crippen MR) is 136 cm³/mol. The Balaban J connectivity index is 1.65. The minimum atomic E-state index is -4.33. The van der Waals surface area contributed by atoms with Gasteiger partial charge in [-0.15, -0.1) is 11.3 Å². The number of aromatic nitrogens is 2. The minimum absolute atomic E-state index is 0.0108. The lowest BCUT2D eigenvalue weighted by Crippen LogP contribution is -2.50. The normalized spacial score (nSPS) is 14.7. The van der Waals surface area contributed by atoms with Crippen LogP contribution in [0.25, 0.3) is 11.1 Å². The summed E-state index contributed by atoms with van der Waals surface area (Å²) >= 11 is 1.38. The predicted octanol–water partition coefficient (Wildman–Crippen LogP) is 3.64. The van der Waals surface area contributed by atoms with Gasteiger partial charge in [0.25, 0.3) is 0 Å². The van der Waals surface area contributed by atoms with Crippen molar-refractivity contribution in [3.8, 4) is 11.1 Å². The number of carboxylic acids is 1. The van der Waals surface area contributed by atoms with Gasteiger partial charge in [0.1, 0.15) is 12.4 Å². The average molecular weight is 533 g/mol. The molecule has 0 radical (unpaired) electrons. The van der Waals surface area contributed by atoms with Crippen molar-refractivity contribution in [2.45, 2.75) is 45.4 Å². The number of nitrogens with zero attached hydrogens (tertiary/aromatic N) is 2. The van der Waals surface area contributed by atoms with Gasteiger partial charge in [0.05, 0.1) is 12.6 Å². The van der Waals surface area contributed by atoms with Crippen LogP contribution in [0.2, 0.25) is 0 Å². The zero-order valence-corrected chi connectivity index (χ0v) is 21.6. The van der Waals surface area contributed by atoms with Crippen molar-refractivity contribution in [3.05, 3.63) is 70.9 Å². The first kappa shape index (κ1) is 27.6. The quantitative estimate of drug-likeness (QED) is 0.242. The van der Waals surface area contributed by atoms with Crippen molar-refractivity contribution in [2.75, 3.05) is 0 Å². The number of thiophene rings is 1. The molecule has 0 saturated heterocycles. The lowest BCUT2D eigenvalue weighted by atomic mass is 10.0. The highest BCUT2D eigenvalue weighted by atomic mass is 32.1. The summed E-state index contributed by atoms with van der Waals surface area (Å²) < 4.78 is 17.7. The number of amides is 1. The van der Waals surface area contributed by atoms with E-state index in [0.717, 1.165) is 16.0 Å². The molecule has 2 heterocycles. The zero-order valence-electron chi connectivity index (χ0n) is 19.9. The molecular formula is C24H29N4O6PS. The number of rotatable bonds is 13. The van der Waals surface area contributed by atoms with Gasteiger partial charge in [-0.1, -0.05) is 44.2 Å². The van der Waals surface area contributed by atoms with Crippen molar-refractivity contribution in [3.63, 3.8) is 0 Å². The van der Waals surface area contributed by atoms with Gasteiger partial charge in [-0.3, -0.25) is 9.32 Å². The number of benzene rings is 1. The molecule has 3 rings (SSSR count). The van der Waals surface area contributed by atoms with Crippen LogP contribution in [0.3, 0.4) is 0 Å². The fourth-order valence-electron chi connectivity index (χ4n) is 3.46. The molecule has 2 aromatic heterocycles. The van der Waals surface area contributed by atoms with E-state index in [0.29, 0.717) is 5.56 Å². The number of carbonyl (C=O) groups excluding carboxylic acids is 1. The molecule has 1 unspecified atom stereocenters. The summed E-state index contributed by atoms with van der Waals surface area (Å²) in [7, 11) is -4.33. The average Bonchev–Trinajstić information content (AvgIpc) is 3.36. The van der Waals surface area contributed by atoms with Crippen LogP contribution in [0.1, 0.15) is 30.7 Å². The molecule has 192 valence electrons. The van der Waals surface area contributed by atoms with Crippen molar-refractivity contribution in [1.29, 1.82) is 0 Å². The third kappa shape index (κ3) is 8.61. The molecule has 0 aliphatic heterocycles. The van der Waals surface area contributed by atoms with Crippen LogP contribution in [0.5, 0.6) is 0 Å². The van der Waals surface area contributed by atoms with E-state index in [4.69, 9.17) is 4.52 Å². The van der Waals surface area contributed by atoms with Crippen LogP contribution in [0.4, 0.5) is 0 Å². The number of hydrogen-bond acceptors (Lipinski definition) is 7. The summed E-state index contributed by atoms with van der Waals surface area (Å²) in [4.78, 5) is 43.9. The van der Waals surface area contributed by atoms with Gasteiger partial charge in [0.2, 0.25) is 5.91 Å². The monoisotopic (exact) mass is 532 g/mol. The van der Waals surface area contributed by atoms with Gasteiger partial charge in [-0.25, -0.2) is 24.4 Å². The van der Waals surface area contributed by atoms with E-state index in [1.807, 2.05) is 31.4 Å². The second kappa shape index (κ2) is 12.8.